The van der Waals surface area contributed by atoms with E-state index in [0.29, 0.717) is 12.0 Å². The minimum absolute atomic E-state index is 0.00310. The third-order valence-electron chi connectivity index (χ3n) is 1.48. The van der Waals surface area contributed by atoms with E-state index in [1.807, 2.05) is 0 Å². The maximum absolute atomic E-state index is 12.9. The predicted octanol–water partition coefficient (Wildman–Crippen LogP) is 1.31. The number of aldehydes is 1. The first-order valence-electron chi connectivity index (χ1n) is 3.65. The molecule has 0 saturated carbocycles. The highest BCUT2D eigenvalue weighted by atomic mass is 19.1. The van der Waals surface area contributed by atoms with Crippen LogP contribution in [0.1, 0.15) is 5.56 Å². The van der Waals surface area contributed by atoms with Gasteiger partial charge in [0.15, 0.2) is 0 Å². The number of carbonyl (C=O) groups is 1. The largest absolute Gasteiger partial charge is 0.378 e. The Morgan fingerprint density at radius 2 is 2.38 bits per heavy atom. The van der Waals surface area contributed by atoms with E-state index in [2.05, 4.69) is 5.32 Å². The van der Waals surface area contributed by atoms with Crippen LogP contribution in [-0.2, 0) is 4.79 Å². The Kier molecular flexibility index (Phi) is 2.98. The molecule has 0 fully saturated rings. The Morgan fingerprint density at radius 3 is 2.92 bits per heavy atom. The molecule has 4 heteroatoms. The highest BCUT2D eigenvalue weighted by molar-refractivity contribution is 5.59. The summed E-state index contributed by atoms with van der Waals surface area (Å²) in [6.45, 7) is 0.130. The molecule has 66 valence electrons. The van der Waals surface area contributed by atoms with Crippen LogP contribution < -0.4 is 5.32 Å². The molecule has 0 atom stereocenters. The van der Waals surface area contributed by atoms with Gasteiger partial charge in [-0.3, -0.25) is 0 Å². The van der Waals surface area contributed by atoms with E-state index in [1.165, 1.54) is 12.1 Å². The first-order valence-corrected chi connectivity index (χ1v) is 3.65. The average Bonchev–Trinajstić information content (AvgIpc) is 2.15. The Bertz CT molecular complexity index is 357. The van der Waals surface area contributed by atoms with Crippen molar-refractivity contribution in [1.29, 1.82) is 5.26 Å². The number of halogens is 1. The molecule has 1 aromatic carbocycles. The van der Waals surface area contributed by atoms with E-state index in [-0.39, 0.29) is 12.1 Å². The van der Waals surface area contributed by atoms with E-state index in [4.69, 9.17) is 5.26 Å². The number of hydrogen-bond donors (Lipinski definition) is 1. The fraction of sp³-hybridized carbons (Fsp3) is 0.111. The zero-order valence-electron chi connectivity index (χ0n) is 6.75. The first kappa shape index (κ1) is 9.20. The van der Waals surface area contributed by atoms with Crippen LogP contribution in [-0.4, -0.2) is 12.8 Å². The second-order valence-electron chi connectivity index (χ2n) is 2.35. The molecule has 0 saturated heterocycles. The second-order valence-corrected chi connectivity index (χ2v) is 2.35. The van der Waals surface area contributed by atoms with Crippen LogP contribution in [0.2, 0.25) is 0 Å². The van der Waals surface area contributed by atoms with Crippen molar-refractivity contribution in [3.63, 3.8) is 0 Å². The van der Waals surface area contributed by atoms with Gasteiger partial charge in [0.2, 0.25) is 0 Å². The fourth-order valence-corrected chi connectivity index (χ4v) is 0.875. The van der Waals surface area contributed by atoms with Crippen molar-refractivity contribution in [1.82, 2.24) is 0 Å². The van der Waals surface area contributed by atoms with Crippen LogP contribution in [0.15, 0.2) is 18.2 Å². The standard InChI is InChI=1S/C9H7FN2O/c10-9-5-8(12-3-4-13)2-1-7(9)6-11/h1-2,4-5,12H,3H2. The molecule has 1 aromatic rings. The van der Waals surface area contributed by atoms with E-state index in [1.54, 1.807) is 12.1 Å². The average molecular weight is 178 g/mol. The number of anilines is 1. The van der Waals surface area contributed by atoms with Crippen LogP contribution in [0.4, 0.5) is 10.1 Å². The molecule has 0 aromatic heterocycles. The van der Waals surface area contributed by atoms with Gasteiger partial charge in [0.25, 0.3) is 0 Å². The number of nitrogens with zero attached hydrogens (tertiary/aromatic N) is 1. The number of benzene rings is 1. The van der Waals surface area contributed by atoms with Crippen LogP contribution in [0.3, 0.4) is 0 Å². The van der Waals surface area contributed by atoms with Crippen LogP contribution in [0, 0.1) is 17.1 Å². The molecular weight excluding hydrogens is 171 g/mol. The maximum Gasteiger partial charge on any atom is 0.143 e. The Labute approximate surface area is 74.8 Å². The highest BCUT2D eigenvalue weighted by Gasteiger charge is 2.01. The molecule has 0 aliphatic carbocycles. The van der Waals surface area contributed by atoms with E-state index in [9.17, 15) is 9.18 Å². The summed E-state index contributed by atoms with van der Waals surface area (Å²) in [5.74, 6) is -0.585. The second kappa shape index (κ2) is 4.21. The summed E-state index contributed by atoms with van der Waals surface area (Å²) in [6.07, 6.45) is 0.677. The van der Waals surface area contributed by atoms with Gasteiger partial charge in [-0.15, -0.1) is 0 Å². The van der Waals surface area contributed by atoms with Crippen LogP contribution >= 0.6 is 0 Å². The lowest BCUT2D eigenvalue weighted by Gasteiger charge is -2.01. The lowest BCUT2D eigenvalue weighted by Crippen LogP contribution is -2.02. The molecule has 0 unspecified atom stereocenters. The van der Waals surface area contributed by atoms with Gasteiger partial charge in [0.1, 0.15) is 18.2 Å². The molecule has 13 heavy (non-hydrogen) atoms. The first-order chi connectivity index (χ1) is 6.27. The van der Waals surface area contributed by atoms with Gasteiger partial charge < -0.3 is 10.1 Å². The van der Waals surface area contributed by atoms with Crippen molar-refractivity contribution < 1.29 is 9.18 Å². The van der Waals surface area contributed by atoms with Gasteiger partial charge >= 0.3 is 0 Å². The van der Waals surface area contributed by atoms with Crippen molar-refractivity contribution in [3.8, 4) is 6.07 Å². The van der Waals surface area contributed by atoms with Crippen molar-refractivity contribution in [3.05, 3.63) is 29.6 Å². The van der Waals surface area contributed by atoms with E-state index >= 15 is 0 Å². The zero-order valence-corrected chi connectivity index (χ0v) is 6.75. The predicted molar refractivity (Wildman–Crippen MR) is 45.7 cm³/mol. The molecule has 1 rings (SSSR count). The zero-order chi connectivity index (χ0) is 9.68. The summed E-state index contributed by atoms with van der Waals surface area (Å²) in [5, 5.41) is 11.1. The van der Waals surface area contributed by atoms with Gasteiger partial charge in [-0.2, -0.15) is 5.26 Å². The summed E-state index contributed by atoms with van der Waals surface area (Å²) in [5.41, 5.74) is 0.486. The van der Waals surface area contributed by atoms with E-state index < -0.39 is 5.82 Å². The molecule has 0 radical (unpaired) electrons. The molecule has 0 aliphatic rings. The Morgan fingerprint density at radius 1 is 1.62 bits per heavy atom. The van der Waals surface area contributed by atoms with Crippen molar-refractivity contribution in [2.24, 2.45) is 0 Å². The van der Waals surface area contributed by atoms with Crippen molar-refractivity contribution >= 4 is 12.0 Å². The number of carbonyl (C=O) groups excluding carboxylic acids is 1. The van der Waals surface area contributed by atoms with Crippen molar-refractivity contribution in [2.75, 3.05) is 11.9 Å². The summed E-state index contributed by atoms with van der Waals surface area (Å²) in [7, 11) is 0. The number of nitriles is 1. The molecular formula is C9H7FN2O. The van der Waals surface area contributed by atoms with Gasteiger partial charge in [0, 0.05) is 5.69 Å². The van der Waals surface area contributed by atoms with Crippen LogP contribution in [0.5, 0.6) is 0 Å². The SMILES string of the molecule is N#Cc1ccc(NCC=O)cc1F. The van der Waals surface area contributed by atoms with Gasteiger partial charge in [-0.25, -0.2) is 4.39 Å². The quantitative estimate of drug-likeness (QED) is 0.710. The number of rotatable bonds is 3. The third kappa shape index (κ3) is 2.27. The highest BCUT2D eigenvalue weighted by Crippen LogP contribution is 2.12. The molecule has 0 heterocycles. The molecule has 0 aliphatic heterocycles. The minimum atomic E-state index is -0.585. The van der Waals surface area contributed by atoms with Crippen LogP contribution in [0.25, 0.3) is 0 Å². The normalized spacial score (nSPS) is 8.92. The fourth-order valence-electron chi connectivity index (χ4n) is 0.875. The molecule has 0 spiro atoms. The lowest BCUT2D eigenvalue weighted by atomic mass is 10.2. The Hall–Kier alpha value is -1.89. The van der Waals surface area contributed by atoms with Gasteiger partial charge in [0.05, 0.1) is 12.1 Å². The minimum Gasteiger partial charge on any atom is -0.378 e. The summed E-state index contributed by atoms with van der Waals surface area (Å²) < 4.78 is 12.9. The van der Waals surface area contributed by atoms with Gasteiger partial charge in [-0.05, 0) is 18.2 Å². The smallest absolute Gasteiger partial charge is 0.143 e. The topological polar surface area (TPSA) is 52.9 Å². The monoisotopic (exact) mass is 178 g/mol. The third-order valence-corrected chi connectivity index (χ3v) is 1.48. The lowest BCUT2D eigenvalue weighted by molar-refractivity contribution is -0.106. The molecule has 0 bridgehead atoms. The Balaban J connectivity index is 2.84. The molecule has 1 N–H and O–H groups in total. The maximum atomic E-state index is 12.9. The number of nitrogens with one attached hydrogen (secondary N) is 1. The molecule has 3 nitrogen and oxygen atoms in total. The van der Waals surface area contributed by atoms with E-state index in [0.717, 1.165) is 0 Å². The number of hydrogen-bond acceptors (Lipinski definition) is 3. The summed E-state index contributed by atoms with van der Waals surface area (Å²) in [4.78, 5) is 9.98. The summed E-state index contributed by atoms with van der Waals surface area (Å²) >= 11 is 0. The summed E-state index contributed by atoms with van der Waals surface area (Å²) in [6, 6.07) is 5.80. The van der Waals surface area contributed by atoms with Gasteiger partial charge in [-0.1, -0.05) is 0 Å². The van der Waals surface area contributed by atoms with Crippen molar-refractivity contribution in [2.45, 2.75) is 0 Å². The molecule has 0 amide bonds.